The van der Waals surface area contributed by atoms with Gasteiger partial charge < -0.3 is 14.5 Å². The van der Waals surface area contributed by atoms with Crippen molar-refractivity contribution in [1.82, 2.24) is 19.4 Å². The molecular weight excluding hydrogens is 380 g/mol. The molecule has 29 heavy (non-hydrogen) atoms. The Hall–Kier alpha value is -2.21. The van der Waals surface area contributed by atoms with Gasteiger partial charge in [0.05, 0.1) is 23.0 Å². The number of aromatic amines is 1. The van der Waals surface area contributed by atoms with Gasteiger partial charge in [-0.05, 0) is 61.5 Å². The number of piperidine rings is 1. The number of hydrogen-bond acceptors (Lipinski definition) is 3. The maximum absolute atomic E-state index is 13.2. The van der Waals surface area contributed by atoms with Gasteiger partial charge in [-0.15, -0.1) is 0 Å². The highest BCUT2D eigenvalue weighted by Crippen LogP contribution is 2.38. The second-order valence-corrected chi connectivity index (χ2v) is 9.62. The molecule has 1 aromatic carbocycles. The summed E-state index contributed by atoms with van der Waals surface area (Å²) in [4.78, 5) is 23.6. The van der Waals surface area contributed by atoms with Crippen LogP contribution in [0.25, 0.3) is 11.0 Å². The molecule has 3 aromatic rings. The van der Waals surface area contributed by atoms with Crippen LogP contribution in [0.5, 0.6) is 0 Å². The third-order valence-electron chi connectivity index (χ3n) is 6.70. The van der Waals surface area contributed by atoms with Gasteiger partial charge in [0.15, 0.2) is 0 Å². The van der Waals surface area contributed by atoms with Gasteiger partial charge in [-0.25, -0.2) is 4.98 Å². The van der Waals surface area contributed by atoms with Gasteiger partial charge in [0.2, 0.25) is 5.91 Å². The second kappa shape index (κ2) is 7.90. The lowest BCUT2D eigenvalue weighted by Gasteiger charge is -2.40. The molecular formula is C23H28N4OS. The number of nitrogens with one attached hydrogen (secondary N) is 1. The molecule has 1 N–H and O–H groups in total. The molecule has 0 bridgehead atoms. The highest BCUT2D eigenvalue weighted by molar-refractivity contribution is 7.99. The van der Waals surface area contributed by atoms with Crippen molar-refractivity contribution in [3.63, 3.8) is 0 Å². The van der Waals surface area contributed by atoms with Gasteiger partial charge >= 0.3 is 0 Å². The lowest BCUT2D eigenvalue weighted by atomic mass is 9.86. The van der Waals surface area contributed by atoms with Crippen LogP contribution in [0.4, 0.5) is 0 Å². The molecule has 2 fully saturated rings. The van der Waals surface area contributed by atoms with Crippen LogP contribution in [0.3, 0.4) is 0 Å². The third kappa shape index (κ3) is 3.70. The standard InChI is InChI=1S/C23H28N4OS/c28-21(17-23(9-15-29-16-10-23)27-11-3-4-12-27)26-13-7-18(8-14-26)22-24-19-5-1-2-6-20(19)25-22/h1-6,11-12,18H,7-10,13-17H2,(H,24,25). The number of imidazole rings is 1. The van der Waals surface area contributed by atoms with Crippen LogP contribution in [-0.2, 0) is 10.3 Å². The van der Waals surface area contributed by atoms with E-state index in [0.29, 0.717) is 18.2 Å². The number of benzene rings is 1. The van der Waals surface area contributed by atoms with Gasteiger partial charge in [0, 0.05) is 31.4 Å². The predicted molar refractivity (Wildman–Crippen MR) is 118 cm³/mol. The Kier molecular flexibility index (Phi) is 5.12. The summed E-state index contributed by atoms with van der Waals surface area (Å²) in [6.45, 7) is 1.66. The zero-order valence-electron chi connectivity index (χ0n) is 16.7. The molecule has 5 rings (SSSR count). The molecule has 5 nitrogen and oxygen atoms in total. The first-order chi connectivity index (χ1) is 14.2. The van der Waals surface area contributed by atoms with Gasteiger partial charge in [-0.2, -0.15) is 11.8 Å². The number of fused-ring (bicyclic) bond motifs is 1. The van der Waals surface area contributed by atoms with E-state index < -0.39 is 0 Å². The quantitative estimate of drug-likeness (QED) is 0.697. The van der Waals surface area contributed by atoms with E-state index in [-0.39, 0.29) is 5.54 Å². The Balaban J connectivity index is 1.25. The molecule has 0 radical (unpaired) electrons. The molecule has 0 aliphatic carbocycles. The average Bonchev–Trinajstić information content (AvgIpc) is 3.45. The van der Waals surface area contributed by atoms with E-state index in [1.54, 1.807) is 0 Å². The number of nitrogens with zero attached hydrogens (tertiary/aromatic N) is 3. The number of rotatable bonds is 4. The number of thioether (sulfide) groups is 1. The summed E-state index contributed by atoms with van der Waals surface area (Å²) in [5, 5.41) is 0. The van der Waals surface area contributed by atoms with E-state index in [1.807, 2.05) is 23.9 Å². The highest BCUT2D eigenvalue weighted by Gasteiger charge is 2.38. The van der Waals surface area contributed by atoms with E-state index in [4.69, 9.17) is 4.98 Å². The largest absolute Gasteiger partial charge is 0.348 e. The molecule has 152 valence electrons. The van der Waals surface area contributed by atoms with E-state index in [0.717, 1.165) is 67.1 Å². The molecule has 2 aliphatic heterocycles. The lowest BCUT2D eigenvalue weighted by Crippen LogP contribution is -2.45. The van der Waals surface area contributed by atoms with E-state index >= 15 is 0 Å². The van der Waals surface area contributed by atoms with E-state index in [9.17, 15) is 4.79 Å². The monoisotopic (exact) mass is 408 g/mol. The molecule has 0 spiro atoms. The van der Waals surface area contributed by atoms with Crippen LogP contribution in [-0.4, -0.2) is 49.9 Å². The molecule has 1 amide bonds. The summed E-state index contributed by atoms with van der Waals surface area (Å²) < 4.78 is 2.30. The van der Waals surface area contributed by atoms with Crippen molar-refractivity contribution in [2.24, 2.45) is 0 Å². The molecule has 2 saturated heterocycles. The average molecular weight is 409 g/mol. The van der Waals surface area contributed by atoms with Crippen molar-refractivity contribution >= 4 is 28.7 Å². The molecule has 2 aromatic heterocycles. The van der Waals surface area contributed by atoms with Crippen LogP contribution in [0.15, 0.2) is 48.8 Å². The van der Waals surface area contributed by atoms with Crippen LogP contribution in [0, 0.1) is 0 Å². The molecule has 4 heterocycles. The second-order valence-electron chi connectivity index (χ2n) is 8.40. The maximum atomic E-state index is 13.2. The van der Waals surface area contributed by atoms with Crippen molar-refractivity contribution in [2.45, 2.75) is 43.6 Å². The van der Waals surface area contributed by atoms with Crippen molar-refractivity contribution in [3.8, 4) is 0 Å². The highest BCUT2D eigenvalue weighted by atomic mass is 32.2. The summed E-state index contributed by atoms with van der Waals surface area (Å²) in [7, 11) is 0. The Morgan fingerprint density at radius 2 is 1.83 bits per heavy atom. The van der Waals surface area contributed by atoms with Crippen LogP contribution in [0.1, 0.15) is 43.8 Å². The van der Waals surface area contributed by atoms with Crippen molar-refractivity contribution in [2.75, 3.05) is 24.6 Å². The number of carbonyl (C=O) groups excluding carboxylic acids is 1. The smallest absolute Gasteiger partial charge is 0.224 e. The van der Waals surface area contributed by atoms with Crippen molar-refractivity contribution in [1.29, 1.82) is 0 Å². The summed E-state index contributed by atoms with van der Waals surface area (Å²) in [5.41, 5.74) is 2.09. The first-order valence-electron chi connectivity index (χ1n) is 10.7. The number of aromatic nitrogens is 3. The minimum atomic E-state index is -0.0403. The lowest BCUT2D eigenvalue weighted by molar-refractivity contribution is -0.134. The van der Waals surface area contributed by atoms with E-state index in [2.05, 4.69) is 51.1 Å². The predicted octanol–water partition coefficient (Wildman–Crippen LogP) is 4.38. The molecule has 0 atom stereocenters. The van der Waals surface area contributed by atoms with Crippen LogP contribution in [0.2, 0.25) is 0 Å². The number of amides is 1. The van der Waals surface area contributed by atoms with Gasteiger partial charge in [0.1, 0.15) is 5.82 Å². The van der Waals surface area contributed by atoms with Crippen LogP contribution >= 0.6 is 11.8 Å². The van der Waals surface area contributed by atoms with Gasteiger partial charge in [-0.1, -0.05) is 12.1 Å². The maximum Gasteiger partial charge on any atom is 0.224 e. The molecule has 2 aliphatic rings. The Morgan fingerprint density at radius 3 is 2.55 bits per heavy atom. The molecule has 0 unspecified atom stereocenters. The zero-order chi connectivity index (χ0) is 19.7. The summed E-state index contributed by atoms with van der Waals surface area (Å²) in [6, 6.07) is 12.3. The van der Waals surface area contributed by atoms with Crippen molar-refractivity contribution < 1.29 is 4.79 Å². The van der Waals surface area contributed by atoms with Gasteiger partial charge in [-0.3, -0.25) is 4.79 Å². The minimum Gasteiger partial charge on any atom is -0.348 e. The first-order valence-corrected chi connectivity index (χ1v) is 11.8. The topological polar surface area (TPSA) is 53.9 Å². The third-order valence-corrected chi connectivity index (χ3v) is 7.68. The summed E-state index contributed by atoms with van der Waals surface area (Å²) in [6.07, 6.45) is 9.02. The molecule has 0 saturated carbocycles. The number of H-pyrrole nitrogens is 1. The van der Waals surface area contributed by atoms with Gasteiger partial charge in [0.25, 0.3) is 0 Å². The number of hydrogen-bond donors (Lipinski definition) is 1. The molecule has 6 heteroatoms. The normalized spacial score (nSPS) is 20.2. The number of carbonyl (C=O) groups is 1. The number of likely N-dealkylation sites (tertiary alicyclic amines) is 1. The van der Waals surface area contributed by atoms with Crippen LogP contribution < -0.4 is 0 Å². The summed E-state index contributed by atoms with van der Waals surface area (Å²) >= 11 is 2.01. The Bertz CT molecular complexity index is 933. The Labute approximate surface area is 175 Å². The Morgan fingerprint density at radius 1 is 1.10 bits per heavy atom. The summed E-state index contributed by atoms with van der Waals surface area (Å²) in [5.74, 6) is 4.08. The van der Waals surface area contributed by atoms with E-state index in [1.165, 1.54) is 0 Å². The SMILES string of the molecule is O=C(CC1(n2cccc2)CCSCC1)N1CCC(c2nc3ccccc3[nH]2)CC1. The first kappa shape index (κ1) is 18.8. The number of para-hydroxylation sites is 2. The fourth-order valence-corrected chi connectivity index (χ4v) is 6.14. The zero-order valence-corrected chi connectivity index (χ0v) is 17.5. The fourth-order valence-electron chi connectivity index (χ4n) is 4.89. The minimum absolute atomic E-state index is 0.0403. The fraction of sp³-hybridized carbons (Fsp3) is 0.478. The van der Waals surface area contributed by atoms with Crippen molar-refractivity contribution in [3.05, 3.63) is 54.6 Å².